The first kappa shape index (κ1) is 11.4. The minimum Gasteiger partial charge on any atom is -0.460 e. The molecule has 0 N–H and O–H groups in total. The second kappa shape index (κ2) is 5.29. The highest BCUT2D eigenvalue weighted by Crippen LogP contribution is 2.08. The molecule has 0 atom stereocenters. The Balaban J connectivity index is 2.66. The molecule has 0 aliphatic rings. The van der Waals surface area contributed by atoms with Crippen molar-refractivity contribution in [2.75, 3.05) is 0 Å². The van der Waals surface area contributed by atoms with E-state index in [4.69, 9.17) is 4.74 Å². The van der Waals surface area contributed by atoms with Gasteiger partial charge >= 0.3 is 5.97 Å². The standard InChI is InChI=1S/C12H13FO2/c1-9(2)15-12(14)8-7-10-5-3-4-6-11(10)13/h3-9H,1-2H3/b8-7+. The van der Waals surface area contributed by atoms with Crippen LogP contribution in [0.5, 0.6) is 0 Å². The van der Waals surface area contributed by atoms with Gasteiger partial charge in [0.15, 0.2) is 0 Å². The Labute approximate surface area is 88.4 Å². The zero-order valence-corrected chi connectivity index (χ0v) is 8.74. The summed E-state index contributed by atoms with van der Waals surface area (Å²) in [6, 6.07) is 6.23. The summed E-state index contributed by atoms with van der Waals surface area (Å²) < 4.78 is 18.0. The van der Waals surface area contributed by atoms with Crippen molar-refractivity contribution in [3.8, 4) is 0 Å². The molecule has 0 heterocycles. The summed E-state index contributed by atoms with van der Waals surface area (Å²) in [6.45, 7) is 3.52. The number of hydrogen-bond donors (Lipinski definition) is 0. The molecule has 2 nitrogen and oxygen atoms in total. The summed E-state index contributed by atoms with van der Waals surface area (Å²) >= 11 is 0. The first-order chi connectivity index (χ1) is 7.09. The van der Waals surface area contributed by atoms with Crippen LogP contribution >= 0.6 is 0 Å². The molecule has 0 saturated carbocycles. The molecular weight excluding hydrogens is 195 g/mol. The zero-order valence-electron chi connectivity index (χ0n) is 8.74. The Morgan fingerprint density at radius 3 is 2.67 bits per heavy atom. The predicted molar refractivity (Wildman–Crippen MR) is 56.7 cm³/mol. The van der Waals surface area contributed by atoms with Gasteiger partial charge in [-0.25, -0.2) is 9.18 Å². The number of hydrogen-bond acceptors (Lipinski definition) is 2. The molecule has 0 unspecified atom stereocenters. The van der Waals surface area contributed by atoms with Gasteiger partial charge < -0.3 is 4.74 Å². The third-order valence-corrected chi connectivity index (χ3v) is 1.66. The number of carbonyl (C=O) groups is 1. The molecule has 0 aliphatic carbocycles. The van der Waals surface area contributed by atoms with Crippen molar-refractivity contribution in [3.63, 3.8) is 0 Å². The average molecular weight is 208 g/mol. The number of rotatable bonds is 3. The third kappa shape index (κ3) is 3.94. The van der Waals surface area contributed by atoms with E-state index in [-0.39, 0.29) is 11.9 Å². The number of esters is 1. The van der Waals surface area contributed by atoms with Gasteiger partial charge in [-0.05, 0) is 26.0 Å². The molecule has 80 valence electrons. The van der Waals surface area contributed by atoms with Crippen molar-refractivity contribution >= 4 is 12.0 Å². The quantitative estimate of drug-likeness (QED) is 0.564. The monoisotopic (exact) mass is 208 g/mol. The van der Waals surface area contributed by atoms with Crippen molar-refractivity contribution in [2.45, 2.75) is 20.0 Å². The lowest BCUT2D eigenvalue weighted by molar-refractivity contribution is -0.141. The van der Waals surface area contributed by atoms with Crippen LogP contribution in [0.15, 0.2) is 30.3 Å². The lowest BCUT2D eigenvalue weighted by Gasteiger charge is -2.03. The Hall–Kier alpha value is -1.64. The Bertz CT molecular complexity index is 370. The molecule has 0 radical (unpaired) electrons. The van der Waals surface area contributed by atoms with Gasteiger partial charge in [0.2, 0.25) is 0 Å². The lowest BCUT2D eigenvalue weighted by Crippen LogP contribution is -2.08. The van der Waals surface area contributed by atoms with Gasteiger partial charge in [0.05, 0.1) is 6.10 Å². The van der Waals surface area contributed by atoms with E-state index in [9.17, 15) is 9.18 Å². The van der Waals surface area contributed by atoms with E-state index in [0.717, 1.165) is 0 Å². The van der Waals surface area contributed by atoms with Crippen molar-refractivity contribution in [1.82, 2.24) is 0 Å². The number of carbonyl (C=O) groups excluding carboxylic acids is 1. The van der Waals surface area contributed by atoms with E-state index in [0.29, 0.717) is 5.56 Å². The molecule has 0 bridgehead atoms. The van der Waals surface area contributed by atoms with E-state index in [1.807, 2.05) is 0 Å². The van der Waals surface area contributed by atoms with Crippen molar-refractivity contribution in [2.24, 2.45) is 0 Å². The molecule has 0 fully saturated rings. The van der Waals surface area contributed by atoms with Crippen LogP contribution in [0.25, 0.3) is 6.08 Å². The molecule has 1 aromatic carbocycles. The summed E-state index contributed by atoms with van der Waals surface area (Å²) in [4.78, 5) is 11.1. The van der Waals surface area contributed by atoms with E-state index in [1.165, 1.54) is 18.2 Å². The van der Waals surface area contributed by atoms with Crippen LogP contribution in [0.4, 0.5) is 4.39 Å². The van der Waals surface area contributed by atoms with E-state index in [2.05, 4.69) is 0 Å². The van der Waals surface area contributed by atoms with Crippen LogP contribution < -0.4 is 0 Å². The van der Waals surface area contributed by atoms with E-state index < -0.39 is 5.97 Å². The smallest absolute Gasteiger partial charge is 0.331 e. The fourth-order valence-electron chi connectivity index (χ4n) is 1.04. The average Bonchev–Trinajstić information content (AvgIpc) is 2.15. The third-order valence-electron chi connectivity index (χ3n) is 1.66. The minimum atomic E-state index is -0.465. The highest BCUT2D eigenvalue weighted by molar-refractivity contribution is 5.87. The fraction of sp³-hybridized carbons (Fsp3) is 0.250. The van der Waals surface area contributed by atoms with Crippen LogP contribution in [0.3, 0.4) is 0 Å². The minimum absolute atomic E-state index is 0.164. The predicted octanol–water partition coefficient (Wildman–Crippen LogP) is 2.79. The van der Waals surface area contributed by atoms with E-state index >= 15 is 0 Å². The number of benzene rings is 1. The second-order valence-electron chi connectivity index (χ2n) is 3.34. The molecule has 0 aromatic heterocycles. The molecule has 0 aliphatic heterocycles. The maximum Gasteiger partial charge on any atom is 0.331 e. The van der Waals surface area contributed by atoms with Crippen LogP contribution in [0, 0.1) is 5.82 Å². The summed E-state index contributed by atoms with van der Waals surface area (Å²) in [5, 5.41) is 0. The maximum absolute atomic E-state index is 13.1. The number of ether oxygens (including phenoxy) is 1. The van der Waals surface area contributed by atoms with Gasteiger partial charge in [-0.3, -0.25) is 0 Å². The largest absolute Gasteiger partial charge is 0.460 e. The molecule has 0 amide bonds. The maximum atomic E-state index is 13.1. The van der Waals surface area contributed by atoms with Gasteiger partial charge in [0.1, 0.15) is 5.82 Å². The van der Waals surface area contributed by atoms with Crippen molar-refractivity contribution in [1.29, 1.82) is 0 Å². The molecule has 0 spiro atoms. The second-order valence-corrected chi connectivity index (χ2v) is 3.34. The molecular formula is C12H13FO2. The SMILES string of the molecule is CC(C)OC(=O)/C=C/c1ccccc1F. The first-order valence-electron chi connectivity index (χ1n) is 4.73. The van der Waals surface area contributed by atoms with Crippen LogP contribution in [-0.4, -0.2) is 12.1 Å². The highest BCUT2D eigenvalue weighted by atomic mass is 19.1. The van der Waals surface area contributed by atoms with Crippen LogP contribution in [0.2, 0.25) is 0 Å². The highest BCUT2D eigenvalue weighted by Gasteiger charge is 2.01. The fourth-order valence-corrected chi connectivity index (χ4v) is 1.04. The molecule has 0 saturated heterocycles. The Morgan fingerprint density at radius 2 is 2.07 bits per heavy atom. The van der Waals surface area contributed by atoms with Gasteiger partial charge in [-0.1, -0.05) is 18.2 Å². The summed E-state index contributed by atoms with van der Waals surface area (Å²) in [6.07, 6.45) is 2.46. The van der Waals surface area contributed by atoms with Crippen LogP contribution in [-0.2, 0) is 9.53 Å². The number of halogens is 1. The van der Waals surface area contributed by atoms with Gasteiger partial charge in [-0.15, -0.1) is 0 Å². The van der Waals surface area contributed by atoms with Crippen molar-refractivity contribution in [3.05, 3.63) is 41.7 Å². The van der Waals surface area contributed by atoms with Gasteiger partial charge in [0, 0.05) is 11.6 Å². The molecule has 15 heavy (non-hydrogen) atoms. The summed E-state index contributed by atoms with van der Waals surface area (Å²) in [7, 11) is 0. The normalized spacial score (nSPS) is 10.9. The van der Waals surface area contributed by atoms with E-state index in [1.54, 1.807) is 32.0 Å². The van der Waals surface area contributed by atoms with Gasteiger partial charge in [0.25, 0.3) is 0 Å². The topological polar surface area (TPSA) is 26.3 Å². The van der Waals surface area contributed by atoms with Gasteiger partial charge in [-0.2, -0.15) is 0 Å². The van der Waals surface area contributed by atoms with Crippen molar-refractivity contribution < 1.29 is 13.9 Å². The Kier molecular flexibility index (Phi) is 4.03. The first-order valence-corrected chi connectivity index (χ1v) is 4.73. The molecule has 1 rings (SSSR count). The molecule has 3 heteroatoms. The summed E-state index contributed by atoms with van der Waals surface area (Å²) in [5.41, 5.74) is 0.373. The zero-order chi connectivity index (χ0) is 11.3. The summed E-state index contributed by atoms with van der Waals surface area (Å²) in [5.74, 6) is -0.820. The Morgan fingerprint density at radius 1 is 1.40 bits per heavy atom. The van der Waals surface area contributed by atoms with Crippen LogP contribution in [0.1, 0.15) is 19.4 Å². The lowest BCUT2D eigenvalue weighted by atomic mass is 10.2. The molecule has 1 aromatic rings.